The van der Waals surface area contributed by atoms with Crippen molar-refractivity contribution in [3.05, 3.63) is 209 Å². The van der Waals surface area contributed by atoms with Crippen molar-refractivity contribution >= 4 is 17.1 Å². The van der Waals surface area contributed by atoms with Crippen LogP contribution in [0.5, 0.6) is 0 Å². The smallest absolute Gasteiger partial charge is 0.0543 e. The van der Waals surface area contributed by atoms with E-state index >= 15 is 0 Å². The third-order valence-electron chi connectivity index (χ3n) is 13.9. The number of para-hydroxylation sites is 2. The fourth-order valence-electron chi connectivity index (χ4n) is 11.2. The molecular weight excluding hydrogens is 699 g/mol. The van der Waals surface area contributed by atoms with Crippen LogP contribution < -0.4 is 4.90 Å². The van der Waals surface area contributed by atoms with Gasteiger partial charge in [-0.25, -0.2) is 0 Å². The maximum atomic E-state index is 2.60. The molecular formula is C57H47N. The molecule has 0 heterocycles. The summed E-state index contributed by atoms with van der Waals surface area (Å²) in [5, 5.41) is 0. The summed E-state index contributed by atoms with van der Waals surface area (Å²) in [5.74, 6) is 0. The normalized spacial score (nSPS) is 15.5. The van der Waals surface area contributed by atoms with Crippen LogP contribution in [0.25, 0.3) is 55.6 Å². The molecule has 0 amide bonds. The molecule has 0 unspecified atom stereocenters. The summed E-state index contributed by atoms with van der Waals surface area (Å²) < 4.78 is 0. The van der Waals surface area contributed by atoms with Crippen molar-refractivity contribution in [3.63, 3.8) is 0 Å². The molecule has 0 saturated heterocycles. The first kappa shape index (κ1) is 34.8. The molecule has 58 heavy (non-hydrogen) atoms. The van der Waals surface area contributed by atoms with E-state index in [9.17, 15) is 0 Å². The van der Waals surface area contributed by atoms with E-state index in [1.54, 1.807) is 0 Å². The quantitative estimate of drug-likeness (QED) is 0.170. The molecule has 0 N–H and O–H groups in total. The fourth-order valence-corrected chi connectivity index (χ4v) is 11.2. The Labute approximate surface area is 343 Å². The molecule has 1 nitrogen and oxygen atoms in total. The Kier molecular flexibility index (Phi) is 7.36. The summed E-state index contributed by atoms with van der Waals surface area (Å²) >= 11 is 0. The summed E-state index contributed by atoms with van der Waals surface area (Å²) in [6.07, 6.45) is 0. The van der Waals surface area contributed by atoms with Crippen molar-refractivity contribution in [2.24, 2.45) is 0 Å². The van der Waals surface area contributed by atoms with Gasteiger partial charge in [0.1, 0.15) is 0 Å². The van der Waals surface area contributed by atoms with Gasteiger partial charge in [-0.15, -0.1) is 0 Å². The molecule has 1 heteroatoms. The van der Waals surface area contributed by atoms with E-state index in [1.807, 2.05) is 0 Å². The van der Waals surface area contributed by atoms with Crippen molar-refractivity contribution in [2.45, 2.75) is 57.8 Å². The summed E-state index contributed by atoms with van der Waals surface area (Å²) in [5.41, 5.74) is 24.3. The first-order chi connectivity index (χ1) is 28.1. The number of benzene rings is 8. The first-order valence-corrected chi connectivity index (χ1v) is 20.8. The highest BCUT2D eigenvalue weighted by Gasteiger charge is 2.41. The van der Waals surface area contributed by atoms with Crippen LogP contribution in [0.4, 0.5) is 17.1 Å². The predicted octanol–water partition coefficient (Wildman–Crippen LogP) is 15.4. The third kappa shape index (κ3) is 4.65. The minimum Gasteiger partial charge on any atom is -0.309 e. The van der Waals surface area contributed by atoms with Gasteiger partial charge in [-0.2, -0.15) is 0 Å². The average molecular weight is 746 g/mol. The lowest BCUT2D eigenvalue weighted by Gasteiger charge is -2.33. The fraction of sp³-hybridized carbons (Fsp3) is 0.158. The zero-order chi connectivity index (χ0) is 39.6. The highest BCUT2D eigenvalue weighted by Crippen LogP contribution is 2.59. The topological polar surface area (TPSA) is 3.24 Å². The van der Waals surface area contributed by atoms with E-state index in [2.05, 4.69) is 222 Å². The van der Waals surface area contributed by atoms with Gasteiger partial charge in [0.05, 0.1) is 17.1 Å². The van der Waals surface area contributed by atoms with Gasteiger partial charge < -0.3 is 4.90 Å². The van der Waals surface area contributed by atoms with Crippen LogP contribution in [0.2, 0.25) is 0 Å². The van der Waals surface area contributed by atoms with Gasteiger partial charge in [0, 0.05) is 32.9 Å². The van der Waals surface area contributed by atoms with Crippen LogP contribution in [0, 0.1) is 0 Å². The van der Waals surface area contributed by atoms with Crippen LogP contribution in [0.1, 0.15) is 74.9 Å². The Morgan fingerprint density at radius 2 is 0.603 bits per heavy atom. The largest absolute Gasteiger partial charge is 0.309 e. The van der Waals surface area contributed by atoms with E-state index in [4.69, 9.17) is 0 Å². The molecule has 0 fully saturated rings. The van der Waals surface area contributed by atoms with Gasteiger partial charge in [-0.05, 0) is 90.5 Å². The molecule has 0 aromatic heterocycles. The molecule has 3 aliphatic carbocycles. The zero-order valence-electron chi connectivity index (χ0n) is 34.2. The molecule has 0 spiro atoms. The van der Waals surface area contributed by atoms with Gasteiger partial charge in [0.15, 0.2) is 0 Å². The second-order valence-corrected chi connectivity index (χ2v) is 18.0. The Balaban J connectivity index is 1.23. The SMILES string of the molecule is CC1(C)c2ccccc2-c2c(-c3ccccc3N(c3ccccc3-c3cccc4c3C(C)(C)c3ccccc3-4)c3cccc4c3-c3ccccc3C4(C)C)cccc21. The van der Waals surface area contributed by atoms with Crippen molar-refractivity contribution in [2.75, 3.05) is 4.90 Å². The molecule has 0 aliphatic heterocycles. The minimum absolute atomic E-state index is 0.100. The second-order valence-electron chi connectivity index (χ2n) is 18.0. The highest BCUT2D eigenvalue weighted by molar-refractivity contribution is 6.04. The van der Waals surface area contributed by atoms with Crippen LogP contribution in [0.15, 0.2) is 176 Å². The van der Waals surface area contributed by atoms with Gasteiger partial charge in [-0.3, -0.25) is 0 Å². The molecule has 0 bridgehead atoms. The molecule has 0 atom stereocenters. The molecule has 0 saturated carbocycles. The zero-order valence-corrected chi connectivity index (χ0v) is 34.2. The Hall–Kier alpha value is -6.44. The number of rotatable bonds is 5. The van der Waals surface area contributed by atoms with Crippen molar-refractivity contribution in [3.8, 4) is 55.6 Å². The van der Waals surface area contributed by atoms with E-state index in [0.717, 1.165) is 5.69 Å². The van der Waals surface area contributed by atoms with Crippen LogP contribution in [-0.2, 0) is 16.2 Å². The number of fused-ring (bicyclic) bond motifs is 9. The number of nitrogens with zero attached hydrogens (tertiary/aromatic N) is 1. The summed E-state index contributed by atoms with van der Waals surface area (Å²) in [7, 11) is 0. The monoisotopic (exact) mass is 745 g/mol. The summed E-state index contributed by atoms with van der Waals surface area (Å²) in [6.45, 7) is 14.3. The standard InChI is InChI=1S/C57H47N/c1-55(2)45-29-13-8-23-42(45)52-39(25-18-31-47(52)55)37-21-10-15-33-49(37)58(51-35-19-32-48-53(51)43-24-9-14-30-46(43)56(48,3)4)50-34-16-11-22-38(50)41-27-17-26-40-36-20-7-12-28-44(36)57(5,6)54(40)41/h7-35H,1-6H3. The van der Waals surface area contributed by atoms with Crippen LogP contribution in [-0.4, -0.2) is 0 Å². The molecule has 280 valence electrons. The number of hydrogen-bond acceptors (Lipinski definition) is 1. The van der Waals surface area contributed by atoms with Gasteiger partial charge in [0.25, 0.3) is 0 Å². The Morgan fingerprint density at radius 1 is 0.259 bits per heavy atom. The maximum absolute atomic E-state index is 2.60. The number of hydrogen-bond donors (Lipinski definition) is 0. The van der Waals surface area contributed by atoms with Crippen LogP contribution >= 0.6 is 0 Å². The van der Waals surface area contributed by atoms with E-state index in [0.29, 0.717) is 0 Å². The molecule has 11 rings (SSSR count). The van der Waals surface area contributed by atoms with Gasteiger partial charge in [0.2, 0.25) is 0 Å². The highest BCUT2D eigenvalue weighted by atomic mass is 15.2. The number of anilines is 3. The summed E-state index contributed by atoms with van der Waals surface area (Å²) in [6, 6.07) is 66.2. The minimum atomic E-state index is -0.167. The molecule has 8 aromatic carbocycles. The Bertz CT molecular complexity index is 2990. The third-order valence-corrected chi connectivity index (χ3v) is 13.9. The lowest BCUT2D eigenvalue weighted by atomic mass is 9.78. The molecule has 0 radical (unpaired) electrons. The van der Waals surface area contributed by atoms with Crippen molar-refractivity contribution in [1.29, 1.82) is 0 Å². The molecule has 3 aliphatic rings. The van der Waals surface area contributed by atoms with E-state index in [-0.39, 0.29) is 16.2 Å². The maximum Gasteiger partial charge on any atom is 0.0543 e. The van der Waals surface area contributed by atoms with E-state index < -0.39 is 0 Å². The molecule has 8 aromatic rings. The van der Waals surface area contributed by atoms with Crippen LogP contribution in [0.3, 0.4) is 0 Å². The van der Waals surface area contributed by atoms with Gasteiger partial charge in [-0.1, -0.05) is 199 Å². The van der Waals surface area contributed by atoms with Crippen molar-refractivity contribution in [1.82, 2.24) is 0 Å². The lowest BCUT2D eigenvalue weighted by molar-refractivity contribution is 0.660. The lowest BCUT2D eigenvalue weighted by Crippen LogP contribution is -2.18. The van der Waals surface area contributed by atoms with E-state index in [1.165, 1.54) is 100 Å². The second kappa shape index (κ2) is 12.3. The Morgan fingerprint density at radius 3 is 1.21 bits per heavy atom. The van der Waals surface area contributed by atoms with Crippen molar-refractivity contribution < 1.29 is 0 Å². The average Bonchev–Trinajstić information content (AvgIpc) is 3.75. The first-order valence-electron chi connectivity index (χ1n) is 20.8. The van der Waals surface area contributed by atoms with Gasteiger partial charge >= 0.3 is 0 Å². The predicted molar refractivity (Wildman–Crippen MR) is 245 cm³/mol. The summed E-state index contributed by atoms with van der Waals surface area (Å²) in [4.78, 5) is 2.60.